The molecule has 0 saturated carbocycles. The number of nitrogens with one attached hydrogen (secondary N) is 1. The summed E-state index contributed by atoms with van der Waals surface area (Å²) < 4.78 is 37.4. The monoisotopic (exact) mass is 494 g/mol. The van der Waals surface area contributed by atoms with Gasteiger partial charge in [-0.15, -0.1) is 0 Å². The molecule has 0 radical (unpaired) electrons. The largest absolute Gasteiger partial charge is 0.465 e. The minimum Gasteiger partial charge on any atom is -0.465 e. The van der Waals surface area contributed by atoms with Crippen LogP contribution in [-0.4, -0.2) is 47.0 Å². The zero-order valence-electron chi connectivity index (χ0n) is 19.2. The van der Waals surface area contributed by atoms with Crippen LogP contribution < -0.4 is 9.62 Å². The zero-order chi connectivity index (χ0) is 25.3. The van der Waals surface area contributed by atoms with Gasteiger partial charge in [0.05, 0.1) is 41.6 Å². The van der Waals surface area contributed by atoms with Crippen LogP contribution in [0.25, 0.3) is 11.1 Å². The Morgan fingerprint density at radius 1 is 0.886 bits per heavy atom. The number of sulfonamides is 1. The Kier molecular flexibility index (Phi) is 6.31. The summed E-state index contributed by atoms with van der Waals surface area (Å²) in [6.45, 7) is 1.33. The van der Waals surface area contributed by atoms with E-state index in [0.29, 0.717) is 16.8 Å². The molecule has 0 fully saturated rings. The number of anilines is 2. The Morgan fingerprint density at radius 3 is 2.31 bits per heavy atom. The quantitative estimate of drug-likeness (QED) is 0.540. The maximum absolute atomic E-state index is 13.5. The van der Waals surface area contributed by atoms with Gasteiger partial charge in [-0.1, -0.05) is 29.8 Å². The third-order valence-electron chi connectivity index (χ3n) is 5.57. The minimum atomic E-state index is -4.05. The normalized spacial score (nSPS) is 13.3. The molecule has 1 heterocycles. The SMILES string of the molecule is COC(=O)c1ccc(C(=O)OC)c(NC(=O)CN2c3ccc(C)cc3-c3ccccc3S2(=O)=O)c1. The number of methoxy groups -OCH3 is 2. The number of nitrogens with zero attached hydrogens (tertiary/aromatic N) is 1. The van der Waals surface area contributed by atoms with Crippen LogP contribution in [0.2, 0.25) is 0 Å². The standard InChI is InChI=1S/C25H22N2O7S/c1-15-8-11-21-19(12-15)17-6-4-5-7-22(17)35(31,32)27(21)14-23(28)26-20-13-16(24(29)33-2)9-10-18(20)25(30)34-3/h4-13H,14H2,1-3H3,(H,26,28). The topological polar surface area (TPSA) is 119 Å². The third kappa shape index (κ3) is 4.35. The lowest BCUT2D eigenvalue weighted by Crippen LogP contribution is -2.40. The predicted octanol–water partition coefficient (Wildman–Crippen LogP) is 3.38. The molecule has 1 aliphatic rings. The molecular weight excluding hydrogens is 472 g/mol. The van der Waals surface area contributed by atoms with E-state index in [1.54, 1.807) is 30.3 Å². The van der Waals surface area contributed by atoms with Gasteiger partial charge in [-0.3, -0.25) is 9.10 Å². The van der Waals surface area contributed by atoms with Crippen molar-refractivity contribution < 1.29 is 32.3 Å². The lowest BCUT2D eigenvalue weighted by Gasteiger charge is -2.32. The Hall–Kier alpha value is -4.18. The number of carbonyl (C=O) groups excluding carboxylic acids is 3. The van der Waals surface area contributed by atoms with Gasteiger partial charge in [0.15, 0.2) is 0 Å². The van der Waals surface area contributed by atoms with Crippen LogP contribution in [0.4, 0.5) is 11.4 Å². The maximum Gasteiger partial charge on any atom is 0.339 e. The number of amides is 1. The van der Waals surface area contributed by atoms with E-state index >= 15 is 0 Å². The zero-order valence-corrected chi connectivity index (χ0v) is 20.0. The first kappa shape index (κ1) is 24.0. The van der Waals surface area contributed by atoms with Gasteiger partial charge in [0.2, 0.25) is 5.91 Å². The van der Waals surface area contributed by atoms with Crippen molar-refractivity contribution in [1.82, 2.24) is 0 Å². The molecule has 0 bridgehead atoms. The highest BCUT2D eigenvalue weighted by molar-refractivity contribution is 7.93. The van der Waals surface area contributed by atoms with Crippen LogP contribution in [0.15, 0.2) is 65.6 Å². The predicted molar refractivity (Wildman–Crippen MR) is 129 cm³/mol. The number of ether oxygens (including phenoxy) is 2. The van der Waals surface area contributed by atoms with Crippen molar-refractivity contribution >= 4 is 39.2 Å². The number of fused-ring (bicyclic) bond motifs is 3. The lowest BCUT2D eigenvalue weighted by molar-refractivity contribution is -0.114. The second-order valence-electron chi connectivity index (χ2n) is 7.82. The highest BCUT2D eigenvalue weighted by atomic mass is 32.2. The van der Waals surface area contributed by atoms with Crippen molar-refractivity contribution in [1.29, 1.82) is 0 Å². The van der Waals surface area contributed by atoms with Gasteiger partial charge in [-0.2, -0.15) is 0 Å². The molecule has 0 atom stereocenters. The molecular formula is C25H22N2O7S. The molecule has 4 rings (SSSR count). The average Bonchev–Trinajstić information content (AvgIpc) is 2.85. The molecule has 1 aliphatic heterocycles. The van der Waals surface area contributed by atoms with Gasteiger partial charge >= 0.3 is 11.9 Å². The summed E-state index contributed by atoms with van der Waals surface area (Å²) in [7, 11) is -1.67. The van der Waals surface area contributed by atoms with Crippen LogP contribution in [-0.2, 0) is 24.3 Å². The fourth-order valence-electron chi connectivity index (χ4n) is 3.92. The van der Waals surface area contributed by atoms with E-state index in [1.807, 2.05) is 13.0 Å². The van der Waals surface area contributed by atoms with Crippen molar-refractivity contribution in [3.05, 3.63) is 77.4 Å². The third-order valence-corrected chi connectivity index (χ3v) is 7.39. The minimum absolute atomic E-state index is 0.00336. The van der Waals surface area contributed by atoms with Crippen LogP contribution in [0.3, 0.4) is 0 Å². The Morgan fingerprint density at radius 2 is 1.60 bits per heavy atom. The van der Waals surface area contributed by atoms with Crippen molar-refractivity contribution in [2.45, 2.75) is 11.8 Å². The molecule has 3 aromatic rings. The van der Waals surface area contributed by atoms with Crippen LogP contribution >= 0.6 is 0 Å². The van der Waals surface area contributed by atoms with Gasteiger partial charge < -0.3 is 14.8 Å². The number of hydrogen-bond donors (Lipinski definition) is 1. The molecule has 0 spiro atoms. The Bertz CT molecular complexity index is 1460. The second-order valence-corrected chi connectivity index (χ2v) is 9.65. The highest BCUT2D eigenvalue weighted by Gasteiger charge is 2.36. The summed E-state index contributed by atoms with van der Waals surface area (Å²) >= 11 is 0. The summed E-state index contributed by atoms with van der Waals surface area (Å²) in [6.07, 6.45) is 0. The first-order valence-electron chi connectivity index (χ1n) is 10.5. The van der Waals surface area contributed by atoms with Gasteiger partial charge in [-0.05, 0) is 43.3 Å². The molecule has 0 aromatic heterocycles. The van der Waals surface area contributed by atoms with Crippen LogP contribution in [0.5, 0.6) is 0 Å². The fraction of sp³-hybridized carbons (Fsp3) is 0.160. The van der Waals surface area contributed by atoms with Crippen molar-refractivity contribution in [3.63, 3.8) is 0 Å². The van der Waals surface area contributed by atoms with E-state index in [2.05, 4.69) is 5.32 Å². The number of aryl methyl sites for hydroxylation is 1. The first-order chi connectivity index (χ1) is 16.7. The molecule has 180 valence electrons. The van der Waals surface area contributed by atoms with Crippen molar-refractivity contribution in [2.24, 2.45) is 0 Å². The Balaban J connectivity index is 1.72. The number of carbonyl (C=O) groups is 3. The maximum atomic E-state index is 13.5. The molecule has 1 amide bonds. The number of hydrogen-bond acceptors (Lipinski definition) is 7. The van der Waals surface area contributed by atoms with E-state index in [1.165, 1.54) is 38.5 Å². The van der Waals surface area contributed by atoms with Gasteiger partial charge in [0.1, 0.15) is 6.54 Å². The molecule has 10 heteroatoms. The summed E-state index contributed by atoms with van der Waals surface area (Å²) in [6, 6.07) is 15.8. The van der Waals surface area contributed by atoms with Gasteiger partial charge in [-0.25, -0.2) is 18.0 Å². The number of benzene rings is 3. The van der Waals surface area contributed by atoms with E-state index in [-0.39, 0.29) is 21.7 Å². The molecule has 0 saturated heterocycles. The summed E-state index contributed by atoms with van der Waals surface area (Å²) in [5.74, 6) is -2.12. The van der Waals surface area contributed by atoms with Crippen LogP contribution in [0.1, 0.15) is 26.3 Å². The van der Waals surface area contributed by atoms with E-state index in [0.717, 1.165) is 9.87 Å². The van der Waals surface area contributed by atoms with Crippen LogP contribution in [0, 0.1) is 6.92 Å². The smallest absolute Gasteiger partial charge is 0.339 e. The van der Waals surface area contributed by atoms with E-state index in [9.17, 15) is 22.8 Å². The molecule has 0 aliphatic carbocycles. The molecule has 0 unspecified atom stereocenters. The average molecular weight is 495 g/mol. The highest BCUT2D eigenvalue weighted by Crippen LogP contribution is 2.43. The second kappa shape index (κ2) is 9.22. The van der Waals surface area contributed by atoms with Crippen molar-refractivity contribution in [2.75, 3.05) is 30.4 Å². The van der Waals surface area contributed by atoms with E-state index in [4.69, 9.17) is 9.47 Å². The first-order valence-corrected chi connectivity index (χ1v) is 11.9. The number of rotatable bonds is 5. The summed E-state index contributed by atoms with van der Waals surface area (Å²) in [5, 5.41) is 2.54. The lowest BCUT2D eigenvalue weighted by atomic mass is 10.0. The molecule has 1 N–H and O–H groups in total. The Labute approximate surface area is 202 Å². The van der Waals surface area contributed by atoms with Gasteiger partial charge in [0.25, 0.3) is 10.0 Å². The summed E-state index contributed by atoms with van der Waals surface area (Å²) in [4.78, 5) is 37.3. The molecule has 9 nitrogen and oxygen atoms in total. The summed E-state index contributed by atoms with van der Waals surface area (Å²) in [5.41, 5.74) is 2.62. The molecule has 35 heavy (non-hydrogen) atoms. The van der Waals surface area contributed by atoms with E-state index < -0.39 is 34.4 Å². The van der Waals surface area contributed by atoms with Crippen molar-refractivity contribution in [3.8, 4) is 11.1 Å². The molecule has 3 aromatic carbocycles. The van der Waals surface area contributed by atoms with Gasteiger partial charge in [0, 0.05) is 11.1 Å². The number of esters is 2. The fourth-order valence-corrected chi connectivity index (χ4v) is 5.57.